The molecule has 0 spiro atoms. The number of aliphatic carboxylic acids is 1. The zero-order valence-electron chi connectivity index (χ0n) is 10.4. The molecule has 0 aliphatic carbocycles. The largest absolute Gasteiger partial charge is 0.481 e. The van der Waals surface area contributed by atoms with Crippen molar-refractivity contribution in [3.05, 3.63) is 46.3 Å². The number of carboxylic acid groups (broad SMARTS) is 1. The van der Waals surface area contributed by atoms with E-state index in [0.717, 1.165) is 23.7 Å². The first kappa shape index (κ1) is 17.5. The smallest absolute Gasteiger partial charge is 0.416 e. The van der Waals surface area contributed by atoms with Crippen LogP contribution in [0.2, 0.25) is 0 Å². The number of halogens is 4. The lowest BCUT2D eigenvalue weighted by Gasteiger charge is -2.14. The van der Waals surface area contributed by atoms with Gasteiger partial charge in [-0.1, -0.05) is 11.6 Å². The number of carboxylic acids is 1. The number of ether oxygens (including phenoxy) is 1. The highest BCUT2D eigenvalue weighted by atomic mass is 35.5. The summed E-state index contributed by atoms with van der Waals surface area (Å²) in [5.74, 6) is -1.27. The molecule has 0 aliphatic heterocycles. The Kier molecular flexibility index (Phi) is 6.17. The number of hydrogen-bond donors (Lipinski definition) is 2. The molecule has 0 radical (unpaired) electrons. The van der Waals surface area contributed by atoms with Crippen LogP contribution in [0.5, 0.6) is 5.75 Å². The van der Waals surface area contributed by atoms with Gasteiger partial charge in [0, 0.05) is 11.1 Å². The maximum atomic E-state index is 12.7. The fourth-order valence-corrected chi connectivity index (χ4v) is 1.81. The number of thiol groups is 1. The summed E-state index contributed by atoms with van der Waals surface area (Å²) < 4.78 is 43.2. The molecule has 0 saturated heterocycles. The first-order valence-corrected chi connectivity index (χ1v) is 6.42. The minimum absolute atomic E-state index is 0.0198. The summed E-state index contributed by atoms with van der Waals surface area (Å²) in [6.45, 7) is -0.682. The van der Waals surface area contributed by atoms with E-state index in [4.69, 9.17) is 21.4 Å². The second-order valence-corrected chi connectivity index (χ2v) is 4.29. The van der Waals surface area contributed by atoms with Crippen molar-refractivity contribution in [3.8, 4) is 5.75 Å². The van der Waals surface area contributed by atoms with Crippen molar-refractivity contribution in [2.45, 2.75) is 6.18 Å². The van der Waals surface area contributed by atoms with Crippen molar-refractivity contribution >= 4 is 35.8 Å². The van der Waals surface area contributed by atoms with Crippen LogP contribution in [0, 0.1) is 0 Å². The van der Waals surface area contributed by atoms with Gasteiger partial charge in [-0.05, 0) is 35.3 Å². The topological polar surface area (TPSA) is 46.5 Å². The number of hydrogen-bond acceptors (Lipinski definition) is 3. The molecule has 1 N–H and O–H groups in total. The molecule has 21 heavy (non-hydrogen) atoms. The van der Waals surface area contributed by atoms with Crippen molar-refractivity contribution < 1.29 is 27.8 Å². The normalized spacial score (nSPS) is 12.7. The molecule has 0 fully saturated rings. The molecule has 1 rings (SSSR count). The van der Waals surface area contributed by atoms with Crippen LogP contribution in [0.25, 0.3) is 5.57 Å². The van der Waals surface area contributed by atoms with Crippen LogP contribution in [0.15, 0.2) is 35.2 Å². The quantitative estimate of drug-likeness (QED) is 0.625. The van der Waals surface area contributed by atoms with Gasteiger partial charge in [0.15, 0.2) is 6.61 Å². The average molecular weight is 339 g/mol. The van der Waals surface area contributed by atoms with Gasteiger partial charge < -0.3 is 9.84 Å². The summed E-state index contributed by atoms with van der Waals surface area (Å²) in [5, 5.41) is 9.86. The Labute approximate surface area is 129 Å². The predicted molar refractivity (Wildman–Crippen MR) is 76.5 cm³/mol. The third kappa shape index (κ3) is 5.02. The van der Waals surface area contributed by atoms with E-state index in [9.17, 15) is 18.0 Å². The highest BCUT2D eigenvalue weighted by molar-refractivity contribution is 7.83. The van der Waals surface area contributed by atoms with E-state index in [2.05, 4.69) is 12.6 Å². The Bertz CT molecular complexity index is 583. The molecule has 8 heteroatoms. The van der Waals surface area contributed by atoms with Crippen molar-refractivity contribution in [2.75, 3.05) is 6.61 Å². The van der Waals surface area contributed by atoms with Crippen LogP contribution < -0.4 is 4.74 Å². The molecular weight excluding hydrogens is 329 g/mol. The van der Waals surface area contributed by atoms with Gasteiger partial charge in [-0.3, -0.25) is 0 Å². The van der Waals surface area contributed by atoms with Gasteiger partial charge in [-0.2, -0.15) is 25.8 Å². The summed E-state index contributed by atoms with van der Waals surface area (Å²) in [4.78, 5) is 10.5. The van der Waals surface area contributed by atoms with E-state index in [0.29, 0.717) is 0 Å². The number of allylic oxidation sites excluding steroid dienone is 2. The maximum absolute atomic E-state index is 12.7. The van der Waals surface area contributed by atoms with E-state index in [1.165, 1.54) is 11.5 Å². The molecule has 0 bridgehead atoms. The minimum Gasteiger partial charge on any atom is -0.481 e. The molecule has 0 atom stereocenters. The van der Waals surface area contributed by atoms with Crippen LogP contribution in [0.4, 0.5) is 13.2 Å². The van der Waals surface area contributed by atoms with Gasteiger partial charge >= 0.3 is 12.1 Å². The van der Waals surface area contributed by atoms with Crippen LogP contribution in [0.1, 0.15) is 11.1 Å². The first-order chi connectivity index (χ1) is 9.79. The first-order valence-electron chi connectivity index (χ1n) is 5.47. The number of carbonyl (C=O) groups is 1. The van der Waals surface area contributed by atoms with E-state index in [-0.39, 0.29) is 16.9 Å². The van der Waals surface area contributed by atoms with Crippen LogP contribution >= 0.6 is 24.2 Å². The second kappa shape index (κ2) is 7.42. The van der Waals surface area contributed by atoms with Crippen LogP contribution in [-0.2, 0) is 11.0 Å². The molecule has 0 aromatic heterocycles. The van der Waals surface area contributed by atoms with Gasteiger partial charge in [0.05, 0.1) is 5.56 Å². The Balaban J connectivity index is 3.33. The summed E-state index contributed by atoms with van der Waals surface area (Å²) in [6, 6.07) is 2.68. The molecule has 0 unspecified atom stereocenters. The Morgan fingerprint density at radius 1 is 1.43 bits per heavy atom. The van der Waals surface area contributed by atoms with E-state index >= 15 is 0 Å². The lowest BCUT2D eigenvalue weighted by molar-refractivity contribution is -0.140. The molecule has 114 valence electrons. The summed E-state index contributed by atoms with van der Waals surface area (Å²) in [6.07, 6.45) is -3.18. The standard InChI is InChI=1S/C13H10ClF3O3S/c14-6-8(3-4-21)10-5-9(13(15,16)17)1-2-11(10)20-7-12(18)19/h1-6,21H,7H2,(H,18,19)/b4-3-,8-6-. The number of rotatable bonds is 5. The van der Waals surface area contributed by atoms with Gasteiger partial charge in [0.25, 0.3) is 0 Å². The average Bonchev–Trinajstić information content (AvgIpc) is 2.41. The van der Waals surface area contributed by atoms with Crippen molar-refractivity contribution in [3.63, 3.8) is 0 Å². The molecule has 1 aromatic rings. The predicted octanol–water partition coefficient (Wildman–Crippen LogP) is 4.19. The SMILES string of the molecule is O=C(O)COc1ccc(C(F)(F)F)cc1C(/C=C\S)=C\Cl. The lowest BCUT2D eigenvalue weighted by atomic mass is 10.0. The van der Waals surface area contributed by atoms with Gasteiger partial charge in [0.2, 0.25) is 0 Å². The molecule has 0 heterocycles. The van der Waals surface area contributed by atoms with Gasteiger partial charge in [-0.25, -0.2) is 4.79 Å². The Morgan fingerprint density at radius 2 is 2.10 bits per heavy atom. The summed E-state index contributed by atoms with van der Waals surface area (Å²) in [7, 11) is 0. The number of benzene rings is 1. The van der Waals surface area contributed by atoms with Crippen LogP contribution in [-0.4, -0.2) is 17.7 Å². The summed E-state index contributed by atoms with van der Waals surface area (Å²) >= 11 is 9.41. The zero-order chi connectivity index (χ0) is 16.0. The van der Waals surface area contributed by atoms with Gasteiger partial charge in [0.1, 0.15) is 5.75 Å². The lowest BCUT2D eigenvalue weighted by Crippen LogP contribution is -2.11. The minimum atomic E-state index is -4.54. The fraction of sp³-hybridized carbons (Fsp3) is 0.154. The van der Waals surface area contributed by atoms with Crippen molar-refractivity contribution in [1.29, 1.82) is 0 Å². The highest BCUT2D eigenvalue weighted by Gasteiger charge is 2.31. The molecule has 0 amide bonds. The molecule has 0 saturated carbocycles. The van der Waals surface area contributed by atoms with Gasteiger partial charge in [-0.15, -0.1) is 0 Å². The van der Waals surface area contributed by atoms with E-state index in [1.807, 2.05) is 0 Å². The third-order valence-corrected chi connectivity index (χ3v) is 2.72. The Hall–Kier alpha value is -1.60. The maximum Gasteiger partial charge on any atom is 0.416 e. The molecule has 0 aliphatic rings. The number of alkyl halides is 3. The molecular formula is C13H10ClF3O3S. The fourth-order valence-electron chi connectivity index (χ4n) is 1.46. The van der Waals surface area contributed by atoms with E-state index in [1.54, 1.807) is 0 Å². The second-order valence-electron chi connectivity index (χ2n) is 3.77. The van der Waals surface area contributed by atoms with Crippen molar-refractivity contribution in [2.24, 2.45) is 0 Å². The van der Waals surface area contributed by atoms with E-state index < -0.39 is 24.3 Å². The monoisotopic (exact) mass is 338 g/mol. The summed E-state index contributed by atoms with van der Waals surface area (Å²) in [5.41, 5.74) is 0.379. The van der Waals surface area contributed by atoms with Crippen molar-refractivity contribution in [1.82, 2.24) is 0 Å². The zero-order valence-corrected chi connectivity index (χ0v) is 12.0. The molecule has 1 aromatic carbocycles. The van der Waals surface area contributed by atoms with Crippen LogP contribution in [0.3, 0.4) is 0 Å². The highest BCUT2D eigenvalue weighted by Crippen LogP contribution is 2.36. The third-order valence-electron chi connectivity index (χ3n) is 2.34. The molecule has 3 nitrogen and oxygen atoms in total. The Morgan fingerprint density at radius 3 is 2.57 bits per heavy atom.